The molecule has 13 N–H and O–H groups in total. The van der Waals surface area contributed by atoms with Gasteiger partial charge in [0, 0.05) is 0 Å². The molecule has 0 unspecified atom stereocenters. The summed E-state index contributed by atoms with van der Waals surface area (Å²) in [5, 5.41) is 0. The zero-order valence-corrected chi connectivity index (χ0v) is 7.57. The molecule has 86 valence electrons. The van der Waals surface area contributed by atoms with Gasteiger partial charge in [0.25, 0.3) is 0 Å². The summed E-state index contributed by atoms with van der Waals surface area (Å²) in [4.78, 5) is 0. The summed E-state index contributed by atoms with van der Waals surface area (Å²) in [5.74, 6) is 0. The van der Waals surface area contributed by atoms with Gasteiger partial charge >= 0.3 is 16.8 Å². The van der Waals surface area contributed by atoms with Gasteiger partial charge in [-0.1, -0.05) is 0 Å². The fourth-order valence-electron chi connectivity index (χ4n) is 0. The summed E-state index contributed by atoms with van der Waals surface area (Å²) in [6, 6.07) is 0. The fraction of sp³-hybridized carbons (Fsp3) is 0. The van der Waals surface area contributed by atoms with Crippen LogP contribution in [0.5, 0.6) is 0 Å². The molecule has 0 spiro atoms. The standard InChI is InChI=1S/ClHO4.Co.5H2N.H2O/c2-1(3,4)5;;;;;;;/h(H,2,3,4,5);;6*1H2/q;+3;5*-1;. The first-order chi connectivity index (χ1) is 2.00. The Bertz CT molecular complexity index is 35.3. The second-order valence-corrected chi connectivity index (χ2v) is 1.19. The summed E-state index contributed by atoms with van der Waals surface area (Å²) in [7, 11) is -4.69. The van der Waals surface area contributed by atoms with E-state index in [1.807, 2.05) is 0 Å². The van der Waals surface area contributed by atoms with Crippen LogP contribution in [-0.4, -0.2) is 10.1 Å². The molecule has 0 aromatic rings. The molecule has 0 fully saturated rings. The molecular weight excluding hydrogens is 244 g/mol. The molecule has 0 saturated heterocycles. The van der Waals surface area contributed by atoms with Gasteiger partial charge in [-0.3, -0.25) is 0 Å². The van der Waals surface area contributed by atoms with Gasteiger partial charge in [0.1, 0.15) is 0 Å². The summed E-state index contributed by atoms with van der Waals surface area (Å²) in [5.41, 5.74) is 0. The third-order valence-electron chi connectivity index (χ3n) is 0. The Kier molecular flexibility index (Phi) is 209. The molecule has 0 aliphatic heterocycles. The van der Waals surface area contributed by atoms with E-state index in [0.717, 1.165) is 0 Å². The molecule has 10 nitrogen and oxygen atoms in total. The molecular formula is H13ClCoN5O5-2. The normalized spacial score (nSPS) is 5.00. The van der Waals surface area contributed by atoms with Crippen LogP contribution < -0.4 is 14.0 Å². The van der Waals surface area contributed by atoms with Gasteiger partial charge in [-0.2, -0.15) is 14.0 Å². The van der Waals surface area contributed by atoms with Crippen molar-refractivity contribution in [2.24, 2.45) is 0 Å². The Morgan fingerprint density at radius 3 is 0.750 bits per heavy atom. The van der Waals surface area contributed by atoms with E-state index in [1.165, 1.54) is 0 Å². The largest absolute Gasteiger partial charge is 3.00 e. The second kappa shape index (κ2) is 30.1. The van der Waals surface area contributed by atoms with Crippen molar-refractivity contribution in [3.8, 4) is 0 Å². The molecule has 0 heterocycles. The molecule has 0 radical (unpaired) electrons. The number of hydrogen-bond donors (Lipinski definition) is 1. The van der Waals surface area contributed by atoms with Crippen molar-refractivity contribution in [3.63, 3.8) is 0 Å². The predicted molar refractivity (Wildman–Crippen MR) is 32.3 cm³/mol. The third kappa shape index (κ3) is 5840. The van der Waals surface area contributed by atoms with E-state index >= 15 is 0 Å². The Labute approximate surface area is 82.5 Å². The van der Waals surface area contributed by atoms with Crippen LogP contribution in [0.3, 0.4) is 0 Å². The first-order valence-corrected chi connectivity index (χ1v) is 1.90. The molecule has 0 aliphatic rings. The van der Waals surface area contributed by atoms with Crippen LogP contribution in [0.4, 0.5) is 0 Å². The molecule has 0 aromatic carbocycles. The number of nitrogens with two attached hydrogens (primary N) is 5. The van der Waals surface area contributed by atoms with Crippen LogP contribution in [0.1, 0.15) is 0 Å². The molecule has 0 atom stereocenters. The number of rotatable bonds is 0. The van der Waals surface area contributed by atoms with Gasteiger partial charge in [0.15, 0.2) is 0 Å². The number of hydrogen-bond acceptors (Lipinski definition) is 4. The average molecular weight is 258 g/mol. The van der Waals surface area contributed by atoms with Crippen LogP contribution in [0.15, 0.2) is 0 Å². The van der Waals surface area contributed by atoms with Crippen LogP contribution in [-0.2, 0) is 16.8 Å². The molecule has 0 bridgehead atoms. The van der Waals surface area contributed by atoms with Gasteiger partial charge in [-0.15, -0.1) is 0 Å². The Morgan fingerprint density at radius 1 is 0.750 bits per heavy atom. The molecule has 0 aliphatic carbocycles. The Morgan fingerprint density at radius 2 is 0.750 bits per heavy atom. The molecule has 0 rings (SSSR count). The van der Waals surface area contributed by atoms with Crippen LogP contribution in [0.25, 0.3) is 30.8 Å². The summed E-state index contributed by atoms with van der Waals surface area (Å²) >= 11 is 0. The van der Waals surface area contributed by atoms with Crippen molar-refractivity contribution in [2.45, 2.75) is 0 Å². The minimum atomic E-state index is -4.69. The quantitative estimate of drug-likeness (QED) is 0.548. The van der Waals surface area contributed by atoms with E-state index in [9.17, 15) is 0 Å². The van der Waals surface area contributed by atoms with E-state index in [-0.39, 0.29) is 53.0 Å². The molecule has 12 heavy (non-hydrogen) atoms. The van der Waals surface area contributed by atoms with Crippen molar-refractivity contribution in [1.29, 1.82) is 0 Å². The summed E-state index contributed by atoms with van der Waals surface area (Å²) in [6.07, 6.45) is 0. The zero-order valence-electron chi connectivity index (χ0n) is 5.77. The van der Waals surface area contributed by atoms with Gasteiger partial charge in [0.05, 0.1) is 14.9 Å². The van der Waals surface area contributed by atoms with Gasteiger partial charge in [0.2, 0.25) is 0 Å². The van der Waals surface area contributed by atoms with E-state index < -0.39 is 10.2 Å². The van der Waals surface area contributed by atoms with Gasteiger partial charge in [-0.05, 0) is 0 Å². The van der Waals surface area contributed by atoms with Crippen LogP contribution in [0, 0.1) is 10.2 Å². The van der Waals surface area contributed by atoms with E-state index in [1.54, 1.807) is 0 Å². The van der Waals surface area contributed by atoms with Crippen molar-refractivity contribution in [2.75, 3.05) is 0 Å². The monoisotopic (exact) mass is 257 g/mol. The maximum atomic E-state index is 8.60. The van der Waals surface area contributed by atoms with E-state index in [0.29, 0.717) is 0 Å². The van der Waals surface area contributed by atoms with Crippen LogP contribution in [0.2, 0.25) is 0 Å². The topological polar surface area (TPSA) is 288 Å². The summed E-state index contributed by atoms with van der Waals surface area (Å²) < 4.78 is 32.7. The maximum Gasteiger partial charge on any atom is 3.00 e. The van der Waals surface area contributed by atoms with Crippen molar-refractivity contribution in [3.05, 3.63) is 30.8 Å². The minimum Gasteiger partial charge on any atom is -0.693 e. The molecule has 0 aromatic heterocycles. The minimum absolute atomic E-state index is 0. The molecule has 0 saturated carbocycles. The second-order valence-electron chi connectivity index (χ2n) is 0.396. The van der Waals surface area contributed by atoms with E-state index in [4.69, 9.17) is 18.6 Å². The SMILES string of the molecule is O.[Co+3].[NH2-].[NH2-].[NH2-].[NH2-].[NH2-].[O-][Cl+3]([O-])([O-])O. The molecule has 0 amide bonds. The predicted octanol–water partition coefficient (Wildman–Crippen LogP) is -1.37. The van der Waals surface area contributed by atoms with Crippen LogP contribution >= 0.6 is 0 Å². The first-order valence-electron chi connectivity index (χ1n) is 0.632. The average Bonchev–Trinajstić information content (AvgIpc) is 0.722. The van der Waals surface area contributed by atoms with Gasteiger partial charge < -0.3 is 36.2 Å². The van der Waals surface area contributed by atoms with E-state index in [2.05, 4.69) is 0 Å². The first kappa shape index (κ1) is 83.3. The summed E-state index contributed by atoms with van der Waals surface area (Å²) in [6.45, 7) is 0. The van der Waals surface area contributed by atoms with Crippen molar-refractivity contribution in [1.82, 2.24) is 0 Å². The van der Waals surface area contributed by atoms with Crippen molar-refractivity contribution >= 4 is 0 Å². The smallest absolute Gasteiger partial charge is 0.693 e. The Balaban J connectivity index is -0.00000000381. The molecule has 12 heteroatoms. The fourth-order valence-corrected chi connectivity index (χ4v) is 0. The Hall–Kier alpha value is 0.396. The number of halogens is 1. The maximum absolute atomic E-state index is 8.60. The third-order valence-corrected chi connectivity index (χ3v) is 0. The zero-order chi connectivity index (χ0) is 4.50. The van der Waals surface area contributed by atoms with Crippen molar-refractivity contribution < 1.29 is 51.1 Å². The van der Waals surface area contributed by atoms with Gasteiger partial charge in [-0.25, -0.2) is 0 Å².